The van der Waals surface area contributed by atoms with Gasteiger partial charge in [-0.1, -0.05) is 0 Å². The van der Waals surface area contributed by atoms with Crippen LogP contribution in [0, 0.1) is 0 Å². The molecule has 2 heterocycles. The number of benzene rings is 1. The molecule has 3 rings (SSSR count). The van der Waals surface area contributed by atoms with Crippen molar-refractivity contribution in [2.24, 2.45) is 0 Å². The molecular weight excluding hydrogens is 356 g/mol. The molecular formula is C17H22N4O4S. The average molecular weight is 378 g/mol. The van der Waals surface area contributed by atoms with Crippen molar-refractivity contribution in [3.05, 3.63) is 36.9 Å². The minimum Gasteiger partial charge on any atom is -0.487 e. The Kier molecular flexibility index (Phi) is 5.28. The Morgan fingerprint density at radius 3 is 2.92 bits per heavy atom. The van der Waals surface area contributed by atoms with Crippen molar-refractivity contribution >= 4 is 21.6 Å². The quantitative estimate of drug-likeness (QED) is 0.767. The van der Waals surface area contributed by atoms with Gasteiger partial charge in [-0.2, -0.15) is 0 Å². The van der Waals surface area contributed by atoms with E-state index >= 15 is 0 Å². The number of hydrogen-bond donors (Lipinski definition) is 1. The van der Waals surface area contributed by atoms with Crippen molar-refractivity contribution in [1.29, 1.82) is 0 Å². The number of aryl methyl sites for hydroxylation is 1. The van der Waals surface area contributed by atoms with Crippen molar-refractivity contribution in [1.82, 2.24) is 14.3 Å². The van der Waals surface area contributed by atoms with E-state index in [1.807, 2.05) is 17.7 Å². The number of nitrogens with one attached hydrogen (secondary N) is 1. The fraction of sp³-hybridized carbons (Fsp3) is 0.412. The Morgan fingerprint density at radius 2 is 2.23 bits per heavy atom. The van der Waals surface area contributed by atoms with E-state index in [-0.39, 0.29) is 16.9 Å². The number of nitrogens with zero attached hydrogens (tertiary/aromatic N) is 3. The predicted octanol–water partition coefficient (Wildman–Crippen LogP) is 1.39. The molecule has 0 bridgehead atoms. The summed E-state index contributed by atoms with van der Waals surface area (Å²) in [5.41, 5.74) is 0.483. The summed E-state index contributed by atoms with van der Waals surface area (Å²) in [7, 11) is -3.67. The molecule has 0 aliphatic carbocycles. The standard InChI is InChI=1S/C17H22N4O4S/c1-13-11-21(14(2)22)16-10-15(4-5-17(16)25-13)26(23,24)19-6-3-8-20-9-7-18-12-20/h4-5,7,9-10,12-13,19H,3,6,8,11H2,1-2H3. The third-order valence-electron chi connectivity index (χ3n) is 4.12. The van der Waals surface area contributed by atoms with E-state index < -0.39 is 10.0 Å². The molecule has 1 aliphatic heterocycles. The molecule has 1 atom stereocenters. The first kappa shape index (κ1) is 18.4. The lowest BCUT2D eigenvalue weighted by Crippen LogP contribution is -2.41. The predicted molar refractivity (Wildman–Crippen MR) is 96.6 cm³/mol. The monoisotopic (exact) mass is 378 g/mol. The number of imidazole rings is 1. The number of carbonyl (C=O) groups excluding carboxylic acids is 1. The molecule has 1 aromatic carbocycles. The molecule has 0 radical (unpaired) electrons. The lowest BCUT2D eigenvalue weighted by atomic mass is 10.2. The van der Waals surface area contributed by atoms with Gasteiger partial charge < -0.3 is 14.2 Å². The summed E-state index contributed by atoms with van der Waals surface area (Å²) in [6.07, 6.45) is 5.70. The van der Waals surface area contributed by atoms with Crippen molar-refractivity contribution in [2.45, 2.75) is 37.8 Å². The van der Waals surface area contributed by atoms with E-state index in [9.17, 15) is 13.2 Å². The molecule has 1 aliphatic rings. The maximum Gasteiger partial charge on any atom is 0.240 e. The molecule has 8 nitrogen and oxygen atoms in total. The molecule has 140 valence electrons. The first-order valence-corrected chi connectivity index (χ1v) is 9.89. The number of anilines is 1. The number of rotatable bonds is 6. The van der Waals surface area contributed by atoms with Crippen molar-refractivity contribution < 1.29 is 17.9 Å². The highest BCUT2D eigenvalue weighted by atomic mass is 32.2. The molecule has 1 aromatic heterocycles. The van der Waals surface area contributed by atoms with Crippen LogP contribution in [0.3, 0.4) is 0 Å². The molecule has 26 heavy (non-hydrogen) atoms. The van der Waals surface area contributed by atoms with Gasteiger partial charge in [-0.15, -0.1) is 0 Å². The first-order chi connectivity index (χ1) is 12.4. The van der Waals surface area contributed by atoms with Crippen LogP contribution in [0.1, 0.15) is 20.3 Å². The van der Waals surface area contributed by atoms with Crippen LogP contribution in [0.2, 0.25) is 0 Å². The van der Waals surface area contributed by atoms with Gasteiger partial charge in [-0.25, -0.2) is 18.1 Å². The van der Waals surface area contributed by atoms with Crippen molar-refractivity contribution in [3.63, 3.8) is 0 Å². The van der Waals surface area contributed by atoms with Gasteiger partial charge in [0, 0.05) is 32.4 Å². The van der Waals surface area contributed by atoms with Gasteiger partial charge >= 0.3 is 0 Å². The molecule has 9 heteroatoms. The first-order valence-electron chi connectivity index (χ1n) is 8.41. The number of ether oxygens (including phenoxy) is 1. The summed E-state index contributed by atoms with van der Waals surface area (Å²) in [4.78, 5) is 17.5. The van der Waals surface area contributed by atoms with Gasteiger partial charge in [0.1, 0.15) is 11.9 Å². The summed E-state index contributed by atoms with van der Waals surface area (Å²) in [5, 5.41) is 0. The Morgan fingerprint density at radius 1 is 1.42 bits per heavy atom. The van der Waals surface area contributed by atoms with Crippen LogP contribution >= 0.6 is 0 Å². The van der Waals surface area contributed by atoms with Crippen LogP contribution < -0.4 is 14.4 Å². The summed E-state index contributed by atoms with van der Waals surface area (Å²) >= 11 is 0. The van der Waals surface area contributed by atoms with Gasteiger partial charge in [0.25, 0.3) is 0 Å². The van der Waals surface area contributed by atoms with Crippen LogP contribution in [-0.2, 0) is 21.4 Å². The van der Waals surface area contributed by atoms with E-state index in [1.165, 1.54) is 19.1 Å². The topological polar surface area (TPSA) is 93.5 Å². The van der Waals surface area contributed by atoms with Crippen LogP contribution in [0.5, 0.6) is 5.75 Å². The molecule has 1 unspecified atom stereocenters. The minimum absolute atomic E-state index is 0.114. The molecule has 0 spiro atoms. The highest BCUT2D eigenvalue weighted by Crippen LogP contribution is 2.35. The fourth-order valence-electron chi connectivity index (χ4n) is 2.85. The Labute approximate surface area is 152 Å². The minimum atomic E-state index is -3.67. The van der Waals surface area contributed by atoms with Crippen LogP contribution in [0.25, 0.3) is 0 Å². The third kappa shape index (κ3) is 4.05. The summed E-state index contributed by atoms with van der Waals surface area (Å²) in [5.74, 6) is 0.363. The number of hydrogen-bond acceptors (Lipinski definition) is 5. The number of fused-ring (bicyclic) bond motifs is 1. The van der Waals surface area contributed by atoms with E-state index in [0.717, 1.165) is 0 Å². The van der Waals surface area contributed by atoms with Crippen LogP contribution in [0.4, 0.5) is 5.69 Å². The average Bonchev–Trinajstić information content (AvgIpc) is 3.11. The molecule has 1 N–H and O–H groups in total. The highest BCUT2D eigenvalue weighted by Gasteiger charge is 2.27. The second kappa shape index (κ2) is 7.46. The lowest BCUT2D eigenvalue weighted by molar-refractivity contribution is -0.117. The van der Waals surface area contributed by atoms with E-state index in [0.29, 0.717) is 37.5 Å². The zero-order valence-electron chi connectivity index (χ0n) is 14.8. The maximum atomic E-state index is 12.5. The SMILES string of the molecule is CC(=O)N1CC(C)Oc2ccc(S(=O)(=O)NCCCn3ccnc3)cc21. The number of carbonyl (C=O) groups is 1. The molecule has 0 saturated heterocycles. The smallest absolute Gasteiger partial charge is 0.240 e. The summed E-state index contributed by atoms with van der Waals surface area (Å²) < 4.78 is 35.3. The van der Waals surface area contributed by atoms with E-state index in [1.54, 1.807) is 23.5 Å². The Balaban J connectivity index is 1.71. The summed E-state index contributed by atoms with van der Waals surface area (Å²) in [6, 6.07) is 4.58. The molecule has 1 amide bonds. The zero-order valence-corrected chi connectivity index (χ0v) is 15.6. The largest absolute Gasteiger partial charge is 0.487 e. The van der Waals surface area contributed by atoms with Crippen LogP contribution in [-0.4, -0.2) is 43.1 Å². The van der Waals surface area contributed by atoms with Gasteiger partial charge in [-0.3, -0.25) is 4.79 Å². The molecule has 0 saturated carbocycles. The Hall–Kier alpha value is -2.39. The number of aromatic nitrogens is 2. The van der Waals surface area contributed by atoms with Gasteiger partial charge in [0.05, 0.1) is 23.5 Å². The Bertz CT molecular complexity index is 880. The maximum absolute atomic E-state index is 12.5. The third-order valence-corrected chi connectivity index (χ3v) is 5.58. The van der Waals surface area contributed by atoms with Crippen molar-refractivity contribution in [2.75, 3.05) is 18.0 Å². The number of amides is 1. The van der Waals surface area contributed by atoms with Gasteiger partial charge in [0.15, 0.2) is 0 Å². The second-order valence-corrected chi connectivity index (χ2v) is 8.01. The zero-order chi connectivity index (χ0) is 18.7. The fourth-order valence-corrected chi connectivity index (χ4v) is 3.95. The molecule has 2 aromatic rings. The van der Waals surface area contributed by atoms with E-state index in [2.05, 4.69) is 9.71 Å². The van der Waals surface area contributed by atoms with Crippen molar-refractivity contribution in [3.8, 4) is 5.75 Å². The molecule has 0 fully saturated rings. The second-order valence-electron chi connectivity index (χ2n) is 6.24. The van der Waals surface area contributed by atoms with Gasteiger partial charge in [0.2, 0.25) is 15.9 Å². The van der Waals surface area contributed by atoms with E-state index in [4.69, 9.17) is 4.74 Å². The van der Waals surface area contributed by atoms with Crippen LogP contribution in [0.15, 0.2) is 41.8 Å². The normalized spacial score (nSPS) is 16.8. The number of sulfonamides is 1. The summed E-state index contributed by atoms with van der Waals surface area (Å²) in [6.45, 7) is 4.70. The highest BCUT2D eigenvalue weighted by molar-refractivity contribution is 7.89. The van der Waals surface area contributed by atoms with Gasteiger partial charge in [-0.05, 0) is 31.5 Å². The lowest BCUT2D eigenvalue weighted by Gasteiger charge is -2.33.